The maximum atomic E-state index is 10.0. The smallest absolute Gasteiger partial charge is 0.113 e. The maximum Gasteiger partial charge on any atom is 0.113 e. The van der Waals surface area contributed by atoms with Crippen molar-refractivity contribution in [1.29, 1.82) is 0 Å². The molecule has 2 aromatic heterocycles. The summed E-state index contributed by atoms with van der Waals surface area (Å²) in [6.07, 6.45) is 4.71. The number of aryl methyl sites for hydroxylation is 2. The monoisotopic (exact) mass is 262 g/mol. The first kappa shape index (κ1) is 11.9. The first-order valence-electron chi connectivity index (χ1n) is 6.43. The van der Waals surface area contributed by atoms with Crippen LogP contribution in [0.5, 0.6) is 0 Å². The molecule has 96 valence electrons. The van der Waals surface area contributed by atoms with Gasteiger partial charge in [-0.05, 0) is 39.2 Å². The fraction of sp³-hybridized carbons (Fsp3) is 0.500. The van der Waals surface area contributed by atoms with Crippen molar-refractivity contribution < 1.29 is 5.11 Å². The van der Waals surface area contributed by atoms with Gasteiger partial charge in [0, 0.05) is 28.0 Å². The fourth-order valence-corrected chi connectivity index (χ4v) is 3.55. The van der Waals surface area contributed by atoms with Crippen molar-refractivity contribution in [2.45, 2.75) is 45.8 Å². The Morgan fingerprint density at radius 1 is 1.50 bits per heavy atom. The average molecular weight is 262 g/mol. The van der Waals surface area contributed by atoms with E-state index in [4.69, 9.17) is 0 Å². The summed E-state index contributed by atoms with van der Waals surface area (Å²) in [5.74, 6) is 0. The van der Waals surface area contributed by atoms with Crippen LogP contribution in [-0.2, 0) is 13.0 Å². The fourth-order valence-electron chi connectivity index (χ4n) is 2.77. The molecule has 0 saturated heterocycles. The molecule has 4 heteroatoms. The minimum Gasteiger partial charge on any atom is -0.388 e. The Balaban J connectivity index is 1.97. The van der Waals surface area contributed by atoms with Crippen LogP contribution < -0.4 is 0 Å². The Morgan fingerprint density at radius 3 is 3.06 bits per heavy atom. The first-order chi connectivity index (χ1) is 8.65. The van der Waals surface area contributed by atoms with Gasteiger partial charge in [0.15, 0.2) is 0 Å². The third kappa shape index (κ3) is 1.99. The molecule has 3 nitrogen and oxygen atoms in total. The van der Waals surface area contributed by atoms with E-state index in [1.165, 1.54) is 16.3 Å². The van der Waals surface area contributed by atoms with Gasteiger partial charge in [-0.1, -0.05) is 0 Å². The predicted molar refractivity (Wildman–Crippen MR) is 73.0 cm³/mol. The van der Waals surface area contributed by atoms with E-state index in [-0.39, 0.29) is 6.10 Å². The van der Waals surface area contributed by atoms with Crippen LogP contribution in [0.2, 0.25) is 0 Å². The number of aliphatic hydroxyl groups is 1. The molecule has 2 heterocycles. The Bertz CT molecular complexity index is 570. The zero-order valence-electron chi connectivity index (χ0n) is 10.8. The number of aliphatic hydroxyl groups excluding tert-OH is 1. The molecular weight excluding hydrogens is 244 g/mol. The van der Waals surface area contributed by atoms with Crippen molar-refractivity contribution >= 4 is 11.3 Å². The van der Waals surface area contributed by atoms with Crippen molar-refractivity contribution in [3.8, 4) is 0 Å². The van der Waals surface area contributed by atoms with Gasteiger partial charge < -0.3 is 9.67 Å². The molecule has 2 aromatic rings. The summed E-state index contributed by atoms with van der Waals surface area (Å²) in [6.45, 7) is 5.04. The van der Waals surface area contributed by atoms with Crippen LogP contribution in [0.1, 0.15) is 45.8 Å². The van der Waals surface area contributed by atoms with Crippen molar-refractivity contribution in [2.75, 3.05) is 0 Å². The Kier molecular flexibility index (Phi) is 2.99. The number of thiazole rings is 1. The summed E-state index contributed by atoms with van der Waals surface area (Å²) in [5.41, 5.74) is 3.67. The zero-order valence-corrected chi connectivity index (χ0v) is 11.6. The van der Waals surface area contributed by atoms with Gasteiger partial charge in [0.1, 0.15) is 5.01 Å². The van der Waals surface area contributed by atoms with Crippen LogP contribution in [0.3, 0.4) is 0 Å². The Morgan fingerprint density at radius 2 is 2.33 bits per heavy atom. The maximum absolute atomic E-state index is 10.0. The molecule has 0 bridgehead atoms. The average Bonchev–Trinajstić information content (AvgIpc) is 2.87. The van der Waals surface area contributed by atoms with E-state index in [9.17, 15) is 5.11 Å². The second-order valence-corrected chi connectivity index (χ2v) is 6.37. The van der Waals surface area contributed by atoms with Crippen LogP contribution in [0.25, 0.3) is 0 Å². The van der Waals surface area contributed by atoms with E-state index < -0.39 is 0 Å². The van der Waals surface area contributed by atoms with E-state index >= 15 is 0 Å². The van der Waals surface area contributed by atoms with Gasteiger partial charge in [-0.3, -0.25) is 0 Å². The molecule has 0 fully saturated rings. The second-order valence-electron chi connectivity index (χ2n) is 5.05. The van der Waals surface area contributed by atoms with E-state index in [1.807, 2.05) is 6.20 Å². The van der Waals surface area contributed by atoms with Crippen LogP contribution in [0.4, 0.5) is 0 Å². The number of hydrogen-bond acceptors (Lipinski definition) is 3. The molecule has 1 atom stereocenters. The molecule has 1 unspecified atom stereocenters. The standard InChI is InChI=1S/C14H18N2OS/c1-9-6-11-12(4-3-5-13(11)17)16(9)8-14-15-7-10(2)18-14/h6-7,13,17H,3-5,8H2,1-2H3. The van der Waals surface area contributed by atoms with Crippen molar-refractivity contribution in [3.05, 3.63) is 39.1 Å². The quantitative estimate of drug-likeness (QED) is 0.903. The highest BCUT2D eigenvalue weighted by Crippen LogP contribution is 2.32. The molecule has 0 radical (unpaired) electrons. The minimum absolute atomic E-state index is 0.272. The third-order valence-corrected chi connectivity index (χ3v) is 4.56. The summed E-state index contributed by atoms with van der Waals surface area (Å²) < 4.78 is 2.32. The number of fused-ring (bicyclic) bond motifs is 1. The van der Waals surface area contributed by atoms with Crippen LogP contribution in [0, 0.1) is 13.8 Å². The van der Waals surface area contributed by atoms with Crippen LogP contribution in [0.15, 0.2) is 12.3 Å². The van der Waals surface area contributed by atoms with Gasteiger partial charge in [0.25, 0.3) is 0 Å². The number of rotatable bonds is 2. The highest BCUT2D eigenvalue weighted by Gasteiger charge is 2.23. The van der Waals surface area contributed by atoms with Crippen LogP contribution >= 0.6 is 11.3 Å². The highest BCUT2D eigenvalue weighted by atomic mass is 32.1. The molecule has 0 aromatic carbocycles. The summed E-state index contributed by atoms with van der Waals surface area (Å²) >= 11 is 1.75. The normalized spacial score (nSPS) is 18.9. The van der Waals surface area contributed by atoms with Crippen molar-refractivity contribution in [3.63, 3.8) is 0 Å². The lowest BCUT2D eigenvalue weighted by Crippen LogP contribution is -2.13. The lowest BCUT2D eigenvalue weighted by molar-refractivity contribution is 0.156. The first-order valence-corrected chi connectivity index (χ1v) is 7.25. The summed E-state index contributed by atoms with van der Waals surface area (Å²) in [7, 11) is 0. The van der Waals surface area contributed by atoms with Gasteiger partial charge in [0.05, 0.1) is 12.6 Å². The van der Waals surface area contributed by atoms with E-state index in [1.54, 1.807) is 11.3 Å². The minimum atomic E-state index is -0.272. The molecule has 1 aliphatic carbocycles. The van der Waals surface area contributed by atoms with E-state index in [0.29, 0.717) is 0 Å². The van der Waals surface area contributed by atoms with Gasteiger partial charge in [-0.15, -0.1) is 11.3 Å². The molecule has 0 saturated carbocycles. The van der Waals surface area contributed by atoms with E-state index in [2.05, 4.69) is 29.5 Å². The topological polar surface area (TPSA) is 38.0 Å². The molecule has 1 aliphatic rings. The molecular formula is C14H18N2OS. The number of nitrogens with zero attached hydrogens (tertiary/aromatic N) is 2. The lowest BCUT2D eigenvalue weighted by Gasteiger charge is -2.20. The molecule has 0 aliphatic heterocycles. The van der Waals surface area contributed by atoms with Gasteiger partial charge >= 0.3 is 0 Å². The summed E-state index contributed by atoms with van der Waals surface area (Å²) in [4.78, 5) is 5.69. The van der Waals surface area contributed by atoms with Gasteiger partial charge in [-0.25, -0.2) is 4.98 Å². The molecule has 18 heavy (non-hydrogen) atoms. The largest absolute Gasteiger partial charge is 0.388 e. The van der Waals surface area contributed by atoms with Crippen molar-refractivity contribution in [2.24, 2.45) is 0 Å². The van der Waals surface area contributed by atoms with Gasteiger partial charge in [-0.2, -0.15) is 0 Å². The van der Waals surface area contributed by atoms with Crippen molar-refractivity contribution in [1.82, 2.24) is 9.55 Å². The predicted octanol–water partition coefficient (Wildman–Crippen LogP) is 2.98. The molecule has 0 spiro atoms. The third-order valence-electron chi connectivity index (χ3n) is 3.66. The molecule has 3 rings (SSSR count). The zero-order chi connectivity index (χ0) is 12.7. The molecule has 1 N–H and O–H groups in total. The number of aromatic nitrogens is 2. The SMILES string of the molecule is Cc1cnc(Cn2c(C)cc3c2CCCC3O)s1. The van der Waals surface area contributed by atoms with Crippen LogP contribution in [-0.4, -0.2) is 14.7 Å². The highest BCUT2D eigenvalue weighted by molar-refractivity contribution is 7.11. The summed E-state index contributed by atoms with van der Waals surface area (Å²) in [5, 5.41) is 11.2. The second kappa shape index (κ2) is 4.52. The van der Waals surface area contributed by atoms with E-state index in [0.717, 1.165) is 36.4 Å². The Labute approximate surface area is 111 Å². The lowest BCUT2D eigenvalue weighted by atomic mass is 9.95. The van der Waals surface area contributed by atoms with Gasteiger partial charge in [0.2, 0.25) is 0 Å². The summed E-state index contributed by atoms with van der Waals surface area (Å²) in [6, 6.07) is 2.14. The molecule has 0 amide bonds. The number of hydrogen-bond donors (Lipinski definition) is 1. The Hall–Kier alpha value is -1.13.